The second-order valence-corrected chi connectivity index (χ2v) is 5.16. The number of hydrogen-bond donors (Lipinski definition) is 1. The van der Waals surface area contributed by atoms with E-state index in [1.807, 2.05) is 0 Å². The summed E-state index contributed by atoms with van der Waals surface area (Å²) in [5, 5.41) is 2.88. The van der Waals surface area contributed by atoms with Gasteiger partial charge in [-0.3, -0.25) is 4.79 Å². The van der Waals surface area contributed by atoms with E-state index in [0.29, 0.717) is 25.3 Å². The van der Waals surface area contributed by atoms with E-state index in [1.165, 1.54) is 6.07 Å². The van der Waals surface area contributed by atoms with Gasteiger partial charge in [0.15, 0.2) is 11.3 Å². The molecule has 0 aliphatic rings. The lowest BCUT2D eigenvalue weighted by Crippen LogP contribution is -2.25. The molecule has 2 aromatic heterocycles. The van der Waals surface area contributed by atoms with Crippen molar-refractivity contribution in [2.24, 2.45) is 0 Å². The highest BCUT2D eigenvalue weighted by molar-refractivity contribution is 6.21. The largest absolute Gasteiger partial charge is 0.385 e. The minimum atomic E-state index is -3.61. The smallest absolute Gasteiger partial charge is 0.364 e. The third kappa shape index (κ3) is 3.69. The van der Waals surface area contributed by atoms with Crippen molar-refractivity contribution in [2.45, 2.75) is 18.7 Å². The molecule has 1 N–H and O–H groups in total. The van der Waals surface area contributed by atoms with Crippen molar-refractivity contribution in [2.75, 3.05) is 20.3 Å². The Balaban J connectivity index is 2.28. The van der Waals surface area contributed by atoms with Crippen LogP contribution in [0.3, 0.4) is 0 Å². The zero-order chi connectivity index (χ0) is 16.3. The normalized spacial score (nSPS) is 11.9. The SMILES string of the molecule is COCCCNC(=O)c1cc2nc(C)cc(C(F)(F)Cl)n2n1. The number of carbonyl (C=O) groups is 1. The minimum Gasteiger partial charge on any atom is -0.385 e. The lowest BCUT2D eigenvalue weighted by atomic mass is 10.3. The number of amides is 1. The second kappa shape index (κ2) is 6.53. The Hall–Kier alpha value is -1.80. The minimum absolute atomic E-state index is 0.00214. The van der Waals surface area contributed by atoms with Crippen LogP contribution in [-0.4, -0.2) is 40.8 Å². The molecule has 2 aromatic rings. The van der Waals surface area contributed by atoms with Gasteiger partial charge in [0.05, 0.1) is 0 Å². The van der Waals surface area contributed by atoms with Gasteiger partial charge in [0.2, 0.25) is 0 Å². The number of aryl methyl sites for hydroxylation is 1. The Kier molecular flexibility index (Phi) is 4.92. The van der Waals surface area contributed by atoms with E-state index >= 15 is 0 Å². The second-order valence-electron chi connectivity index (χ2n) is 4.68. The highest BCUT2D eigenvalue weighted by Gasteiger charge is 2.32. The highest BCUT2D eigenvalue weighted by Crippen LogP contribution is 2.32. The summed E-state index contributed by atoms with van der Waals surface area (Å²) < 4.78 is 32.6. The molecule has 0 bridgehead atoms. The monoisotopic (exact) mass is 332 g/mol. The maximum absolute atomic E-state index is 13.4. The molecule has 2 rings (SSSR count). The molecule has 6 nitrogen and oxygen atoms in total. The molecule has 2 heterocycles. The third-order valence-electron chi connectivity index (χ3n) is 2.89. The van der Waals surface area contributed by atoms with Crippen LogP contribution in [0.25, 0.3) is 5.65 Å². The molecule has 22 heavy (non-hydrogen) atoms. The van der Waals surface area contributed by atoms with Crippen molar-refractivity contribution >= 4 is 23.2 Å². The first-order valence-electron chi connectivity index (χ1n) is 6.54. The number of methoxy groups -OCH3 is 1. The van der Waals surface area contributed by atoms with Gasteiger partial charge in [-0.25, -0.2) is 9.50 Å². The van der Waals surface area contributed by atoms with Crippen LogP contribution < -0.4 is 5.32 Å². The van der Waals surface area contributed by atoms with Crippen molar-refractivity contribution in [3.8, 4) is 0 Å². The van der Waals surface area contributed by atoms with Crippen molar-refractivity contribution in [1.82, 2.24) is 19.9 Å². The average Bonchev–Trinajstić information content (AvgIpc) is 2.85. The maximum atomic E-state index is 13.4. The van der Waals surface area contributed by atoms with Crippen LogP contribution >= 0.6 is 11.6 Å². The molecule has 9 heteroatoms. The third-order valence-corrected chi connectivity index (χ3v) is 3.08. The summed E-state index contributed by atoms with van der Waals surface area (Å²) in [7, 11) is 1.56. The van der Waals surface area contributed by atoms with Crippen LogP contribution in [-0.2, 0) is 10.1 Å². The van der Waals surface area contributed by atoms with Gasteiger partial charge in [0, 0.05) is 32.0 Å². The number of rotatable bonds is 6. The molecule has 0 aliphatic heterocycles. The summed E-state index contributed by atoms with van der Waals surface area (Å²) in [6.07, 6.45) is 0.637. The number of alkyl halides is 3. The molecule has 0 aromatic carbocycles. The first-order valence-corrected chi connectivity index (χ1v) is 6.92. The van der Waals surface area contributed by atoms with Crippen LogP contribution in [0.1, 0.15) is 28.3 Å². The summed E-state index contributed by atoms with van der Waals surface area (Å²) in [6, 6.07) is 2.47. The molecule has 0 fully saturated rings. The van der Waals surface area contributed by atoms with Crippen LogP contribution in [0, 0.1) is 6.92 Å². The van der Waals surface area contributed by atoms with Crippen molar-refractivity contribution in [1.29, 1.82) is 0 Å². The fourth-order valence-electron chi connectivity index (χ4n) is 1.92. The molecule has 0 spiro atoms. The summed E-state index contributed by atoms with van der Waals surface area (Å²) in [5.41, 5.74) is -0.0417. The number of hydrogen-bond acceptors (Lipinski definition) is 4. The Morgan fingerprint density at radius 3 is 2.86 bits per heavy atom. The van der Waals surface area contributed by atoms with E-state index < -0.39 is 17.0 Å². The van der Waals surface area contributed by atoms with Crippen molar-refractivity contribution < 1.29 is 18.3 Å². The van der Waals surface area contributed by atoms with Gasteiger partial charge in [-0.05, 0) is 31.0 Å². The molecular weight excluding hydrogens is 318 g/mol. The van der Waals surface area contributed by atoms with Gasteiger partial charge in [-0.1, -0.05) is 0 Å². The molecule has 0 unspecified atom stereocenters. The molecule has 0 atom stereocenters. The molecule has 0 saturated heterocycles. The zero-order valence-corrected chi connectivity index (χ0v) is 12.8. The molecule has 0 radical (unpaired) electrons. The Bertz CT molecular complexity index is 684. The molecule has 1 amide bonds. The number of ether oxygens (including phenoxy) is 1. The van der Waals surface area contributed by atoms with Crippen molar-refractivity contribution in [3.63, 3.8) is 0 Å². The topological polar surface area (TPSA) is 68.5 Å². The summed E-state index contributed by atoms with van der Waals surface area (Å²) >= 11 is 5.08. The van der Waals surface area contributed by atoms with E-state index in [1.54, 1.807) is 14.0 Å². The number of nitrogens with zero attached hydrogens (tertiary/aromatic N) is 3. The quantitative estimate of drug-likeness (QED) is 0.649. The Morgan fingerprint density at radius 1 is 1.50 bits per heavy atom. The molecule has 0 aliphatic carbocycles. The predicted molar refractivity (Wildman–Crippen MR) is 76.3 cm³/mol. The predicted octanol–water partition coefficient (Wildman–Crippen LogP) is 2.09. The summed E-state index contributed by atoms with van der Waals surface area (Å²) in [6.45, 7) is 2.46. The van der Waals surface area contributed by atoms with E-state index in [4.69, 9.17) is 16.3 Å². The Morgan fingerprint density at radius 2 is 2.23 bits per heavy atom. The van der Waals surface area contributed by atoms with Gasteiger partial charge >= 0.3 is 5.38 Å². The first-order chi connectivity index (χ1) is 10.3. The van der Waals surface area contributed by atoms with Crippen LogP contribution in [0.2, 0.25) is 0 Å². The van der Waals surface area contributed by atoms with E-state index in [2.05, 4.69) is 15.4 Å². The maximum Gasteiger partial charge on any atom is 0.364 e. The number of nitrogens with one attached hydrogen (secondary N) is 1. The fraction of sp³-hybridized carbons (Fsp3) is 0.462. The highest BCUT2D eigenvalue weighted by atomic mass is 35.5. The Labute approximate surface area is 130 Å². The number of carbonyl (C=O) groups excluding carboxylic acids is 1. The molecular formula is C13H15ClF2N4O2. The number of aromatic nitrogens is 3. The summed E-state index contributed by atoms with van der Waals surface area (Å²) in [5.74, 6) is -0.469. The van der Waals surface area contributed by atoms with Crippen LogP contribution in [0.4, 0.5) is 8.78 Å². The molecule has 0 saturated carbocycles. The summed E-state index contributed by atoms with van der Waals surface area (Å²) in [4.78, 5) is 16.0. The van der Waals surface area contributed by atoms with Crippen LogP contribution in [0.15, 0.2) is 12.1 Å². The van der Waals surface area contributed by atoms with E-state index in [9.17, 15) is 13.6 Å². The van der Waals surface area contributed by atoms with Gasteiger partial charge < -0.3 is 10.1 Å². The van der Waals surface area contributed by atoms with E-state index in [0.717, 1.165) is 10.6 Å². The lowest BCUT2D eigenvalue weighted by Gasteiger charge is -2.10. The average molecular weight is 333 g/mol. The van der Waals surface area contributed by atoms with Gasteiger partial charge in [-0.2, -0.15) is 13.9 Å². The fourth-order valence-corrected chi connectivity index (χ4v) is 2.06. The first kappa shape index (κ1) is 16.6. The van der Waals surface area contributed by atoms with Gasteiger partial charge in [0.25, 0.3) is 5.91 Å². The van der Waals surface area contributed by atoms with Gasteiger partial charge in [0.1, 0.15) is 5.69 Å². The van der Waals surface area contributed by atoms with Crippen LogP contribution in [0.5, 0.6) is 0 Å². The zero-order valence-electron chi connectivity index (χ0n) is 12.1. The van der Waals surface area contributed by atoms with E-state index in [-0.39, 0.29) is 11.3 Å². The number of halogens is 3. The lowest BCUT2D eigenvalue weighted by molar-refractivity contribution is 0.0864. The number of fused-ring (bicyclic) bond motifs is 1. The van der Waals surface area contributed by atoms with Crippen molar-refractivity contribution in [3.05, 3.63) is 29.2 Å². The molecule has 120 valence electrons. The van der Waals surface area contributed by atoms with Gasteiger partial charge in [-0.15, -0.1) is 0 Å². The standard InChI is InChI=1S/C13H15ClF2N4O2/c1-8-6-10(13(14,15)16)20-11(18-8)7-9(19-20)12(21)17-4-3-5-22-2/h6-7H,3-5H2,1-2H3,(H,17,21).